The molecule has 1 N–H and O–H groups in total. The Hall–Kier alpha value is -1.21. The topological polar surface area (TPSA) is 62.3 Å². The van der Waals surface area contributed by atoms with Crippen LogP contribution >= 0.6 is 0 Å². The second-order valence-corrected chi connectivity index (χ2v) is 6.70. The number of pyridine rings is 1. The Morgan fingerprint density at radius 1 is 1.47 bits per heavy atom. The quantitative estimate of drug-likeness (QED) is 0.805. The second kappa shape index (κ2) is 6.81. The minimum Gasteiger partial charge on any atom is -0.356 e. The zero-order valence-corrected chi connectivity index (χ0v) is 12.3. The first-order chi connectivity index (χ1) is 8.85. The molecule has 5 nitrogen and oxygen atoms in total. The normalized spacial score (nSPS) is 11.6. The smallest absolute Gasteiger partial charge is 0.170 e. The molecule has 0 aliphatic heterocycles. The van der Waals surface area contributed by atoms with Gasteiger partial charge in [0.2, 0.25) is 0 Å². The van der Waals surface area contributed by atoms with E-state index in [0.29, 0.717) is 12.1 Å². The van der Waals surface area contributed by atoms with E-state index in [2.05, 4.69) is 10.3 Å². The number of hydrogen-bond donors (Lipinski definition) is 1. The number of halogens is 1. The van der Waals surface area contributed by atoms with Crippen molar-refractivity contribution in [2.45, 2.75) is 13.5 Å². The molecule has 0 spiro atoms. The van der Waals surface area contributed by atoms with Crippen LogP contribution in [0.2, 0.25) is 0 Å². The minimum atomic E-state index is -3.07. The number of nitrogens with one attached hydrogen (secondary N) is 1. The van der Waals surface area contributed by atoms with E-state index in [0.717, 1.165) is 12.8 Å². The van der Waals surface area contributed by atoms with Gasteiger partial charge >= 0.3 is 0 Å². The van der Waals surface area contributed by atoms with Crippen molar-refractivity contribution < 1.29 is 12.8 Å². The molecule has 1 heterocycles. The molecule has 0 atom stereocenters. The van der Waals surface area contributed by atoms with Crippen LogP contribution in [0.15, 0.2) is 12.3 Å². The average Bonchev–Trinajstić information content (AvgIpc) is 2.34. The monoisotopic (exact) mass is 289 g/mol. The highest BCUT2D eigenvalue weighted by Crippen LogP contribution is 2.18. The van der Waals surface area contributed by atoms with E-state index < -0.39 is 15.7 Å². The molecule has 0 aliphatic carbocycles. The highest BCUT2D eigenvalue weighted by molar-refractivity contribution is 7.90. The van der Waals surface area contributed by atoms with Gasteiger partial charge in [0.05, 0.1) is 5.75 Å². The van der Waals surface area contributed by atoms with Crippen LogP contribution < -0.4 is 10.2 Å². The van der Waals surface area contributed by atoms with Gasteiger partial charge in [-0.2, -0.15) is 0 Å². The predicted molar refractivity (Wildman–Crippen MR) is 74.6 cm³/mol. The summed E-state index contributed by atoms with van der Waals surface area (Å²) in [7, 11) is -1.44. The third-order valence-corrected chi connectivity index (χ3v) is 3.60. The average molecular weight is 289 g/mol. The summed E-state index contributed by atoms with van der Waals surface area (Å²) >= 11 is 0. The zero-order chi connectivity index (χ0) is 14.5. The van der Waals surface area contributed by atoms with Gasteiger partial charge in [0.25, 0.3) is 0 Å². The van der Waals surface area contributed by atoms with E-state index in [1.54, 1.807) is 13.1 Å². The Bertz CT molecular complexity index is 520. The molecule has 108 valence electrons. The molecule has 0 bridgehead atoms. The molecule has 1 rings (SSSR count). The summed E-state index contributed by atoms with van der Waals surface area (Å²) in [6.45, 7) is 3.34. The molecule has 0 fully saturated rings. The fraction of sp³-hybridized carbons (Fsp3) is 0.583. The lowest BCUT2D eigenvalue weighted by molar-refractivity contribution is 0.582. The number of hydrogen-bond acceptors (Lipinski definition) is 5. The molecule has 7 heteroatoms. The lowest BCUT2D eigenvalue weighted by Crippen LogP contribution is -2.27. The molecule has 0 radical (unpaired) electrons. The third-order valence-electron chi connectivity index (χ3n) is 2.68. The van der Waals surface area contributed by atoms with Gasteiger partial charge in [-0.1, -0.05) is 6.92 Å². The lowest BCUT2D eigenvalue weighted by atomic mass is 10.2. The highest BCUT2D eigenvalue weighted by atomic mass is 32.2. The van der Waals surface area contributed by atoms with E-state index in [4.69, 9.17) is 0 Å². The first-order valence-electron chi connectivity index (χ1n) is 6.08. The van der Waals surface area contributed by atoms with Crippen molar-refractivity contribution in [1.29, 1.82) is 0 Å². The van der Waals surface area contributed by atoms with Gasteiger partial charge in [-0.3, -0.25) is 0 Å². The maximum atomic E-state index is 14.2. The number of rotatable bonds is 7. The summed E-state index contributed by atoms with van der Waals surface area (Å²) in [5, 5.41) is 3.05. The standard InChI is InChI=1S/C12H20FN3O2S/c1-4-14-9-10-5-6-15-12(11(10)13)16(2)7-8-19(3,17)18/h5-6,14H,4,7-9H2,1-3H3. The maximum Gasteiger partial charge on any atom is 0.170 e. The summed E-state index contributed by atoms with van der Waals surface area (Å²) in [6, 6.07) is 1.62. The Labute approximate surface area is 113 Å². The fourth-order valence-corrected chi connectivity index (χ4v) is 2.15. The van der Waals surface area contributed by atoms with Gasteiger partial charge in [-0.25, -0.2) is 17.8 Å². The van der Waals surface area contributed by atoms with Gasteiger partial charge in [0, 0.05) is 38.2 Å². The van der Waals surface area contributed by atoms with Crippen LogP contribution in [0.4, 0.5) is 10.2 Å². The SMILES string of the molecule is CCNCc1ccnc(N(C)CCS(C)(=O)=O)c1F. The summed E-state index contributed by atoms with van der Waals surface area (Å²) in [5.74, 6) is -0.249. The van der Waals surface area contributed by atoms with Gasteiger partial charge in [0.1, 0.15) is 9.84 Å². The molecular weight excluding hydrogens is 269 g/mol. The highest BCUT2D eigenvalue weighted by Gasteiger charge is 2.14. The van der Waals surface area contributed by atoms with E-state index in [9.17, 15) is 12.8 Å². The molecular formula is C12H20FN3O2S. The summed E-state index contributed by atoms with van der Waals surface area (Å²) in [6.07, 6.45) is 2.69. The van der Waals surface area contributed by atoms with Crippen molar-refractivity contribution in [1.82, 2.24) is 10.3 Å². The van der Waals surface area contributed by atoms with Crippen molar-refractivity contribution in [2.75, 3.05) is 37.0 Å². The third kappa shape index (κ3) is 5.12. The van der Waals surface area contributed by atoms with Gasteiger partial charge < -0.3 is 10.2 Å². The van der Waals surface area contributed by atoms with E-state index in [-0.39, 0.29) is 18.1 Å². The van der Waals surface area contributed by atoms with Crippen LogP contribution in [0.5, 0.6) is 0 Å². The number of anilines is 1. The molecule has 0 saturated carbocycles. The van der Waals surface area contributed by atoms with Crippen LogP contribution in [-0.2, 0) is 16.4 Å². The van der Waals surface area contributed by atoms with Crippen molar-refractivity contribution in [3.05, 3.63) is 23.6 Å². The van der Waals surface area contributed by atoms with Crippen LogP contribution in [0, 0.1) is 5.82 Å². The molecule has 1 aromatic rings. The molecule has 1 aromatic heterocycles. The van der Waals surface area contributed by atoms with Crippen LogP contribution in [0.1, 0.15) is 12.5 Å². The van der Waals surface area contributed by atoms with Crippen molar-refractivity contribution in [3.63, 3.8) is 0 Å². The van der Waals surface area contributed by atoms with E-state index >= 15 is 0 Å². The van der Waals surface area contributed by atoms with Gasteiger partial charge in [-0.05, 0) is 12.6 Å². The molecule has 0 aromatic carbocycles. The first kappa shape index (κ1) is 15.8. The molecule has 0 unspecified atom stereocenters. The van der Waals surface area contributed by atoms with Crippen molar-refractivity contribution >= 4 is 15.7 Å². The Kier molecular flexibility index (Phi) is 5.68. The number of sulfone groups is 1. The molecule has 19 heavy (non-hydrogen) atoms. The zero-order valence-electron chi connectivity index (χ0n) is 11.5. The van der Waals surface area contributed by atoms with Gasteiger partial charge in [0.15, 0.2) is 11.6 Å². The maximum absolute atomic E-state index is 14.2. The molecule has 0 amide bonds. The predicted octanol–water partition coefficient (Wildman–Crippen LogP) is 0.811. The minimum absolute atomic E-state index is 0.0257. The fourth-order valence-electron chi connectivity index (χ4n) is 1.54. The number of aromatic nitrogens is 1. The Balaban J connectivity index is 2.82. The van der Waals surface area contributed by atoms with Crippen LogP contribution in [0.25, 0.3) is 0 Å². The van der Waals surface area contributed by atoms with Gasteiger partial charge in [-0.15, -0.1) is 0 Å². The van der Waals surface area contributed by atoms with Crippen LogP contribution in [-0.4, -0.2) is 45.5 Å². The van der Waals surface area contributed by atoms with Crippen molar-refractivity contribution in [3.8, 4) is 0 Å². The lowest BCUT2D eigenvalue weighted by Gasteiger charge is -2.19. The summed E-state index contributed by atoms with van der Waals surface area (Å²) in [5.41, 5.74) is 0.526. The summed E-state index contributed by atoms with van der Waals surface area (Å²) in [4.78, 5) is 5.50. The number of nitrogens with zero attached hydrogens (tertiary/aromatic N) is 2. The van der Waals surface area contributed by atoms with Crippen molar-refractivity contribution in [2.24, 2.45) is 0 Å². The van der Waals surface area contributed by atoms with E-state index in [1.165, 1.54) is 11.1 Å². The van der Waals surface area contributed by atoms with Crippen LogP contribution in [0.3, 0.4) is 0 Å². The molecule has 0 saturated heterocycles. The summed E-state index contributed by atoms with van der Waals surface area (Å²) < 4.78 is 36.4. The Morgan fingerprint density at radius 2 is 2.16 bits per heavy atom. The Morgan fingerprint density at radius 3 is 2.74 bits per heavy atom. The van der Waals surface area contributed by atoms with E-state index in [1.807, 2.05) is 6.92 Å². The first-order valence-corrected chi connectivity index (χ1v) is 8.14. The molecule has 0 aliphatic rings. The largest absolute Gasteiger partial charge is 0.356 e. The second-order valence-electron chi connectivity index (χ2n) is 4.44.